The fraction of sp³-hybridized carbons (Fsp3) is 0.0833. The second-order valence-corrected chi connectivity index (χ2v) is 7.66. The number of fused-ring (bicyclic) bond motifs is 1. The van der Waals surface area contributed by atoms with Crippen LogP contribution in [-0.2, 0) is 0 Å². The number of nitrogens with one attached hydrogen (secondary N) is 1. The maximum absolute atomic E-state index is 11.4. The zero-order valence-corrected chi connectivity index (χ0v) is 18.6. The zero-order valence-electron chi connectivity index (χ0n) is 18.6. The Labute approximate surface area is 203 Å². The van der Waals surface area contributed by atoms with E-state index >= 15 is 0 Å². The van der Waals surface area contributed by atoms with E-state index in [9.17, 15) is 20.2 Å². The lowest BCUT2D eigenvalue weighted by atomic mass is 10.1. The first-order valence-electron chi connectivity index (χ1n) is 10.8. The fourth-order valence-corrected chi connectivity index (χ4v) is 3.66. The summed E-state index contributed by atoms with van der Waals surface area (Å²) in [4.78, 5) is 21.0. The molecule has 0 radical (unpaired) electrons. The summed E-state index contributed by atoms with van der Waals surface area (Å²) in [6.45, 7) is 0.925. The minimum Gasteiger partial charge on any atom is -0.486 e. The van der Waals surface area contributed by atoms with Crippen LogP contribution in [0.5, 0.6) is 11.5 Å². The van der Waals surface area contributed by atoms with E-state index in [1.54, 1.807) is 10.9 Å². The number of benzene rings is 3. The van der Waals surface area contributed by atoms with Crippen molar-refractivity contribution in [2.24, 2.45) is 5.10 Å². The number of hydrogen-bond acceptors (Lipinski definition) is 9. The highest BCUT2D eigenvalue weighted by Gasteiger charge is 2.20. The van der Waals surface area contributed by atoms with E-state index < -0.39 is 15.5 Å². The van der Waals surface area contributed by atoms with Gasteiger partial charge in [-0.2, -0.15) is 10.2 Å². The zero-order chi connectivity index (χ0) is 25.1. The van der Waals surface area contributed by atoms with E-state index in [1.807, 2.05) is 48.5 Å². The normalized spacial score (nSPS) is 12.4. The maximum atomic E-state index is 11.4. The summed E-state index contributed by atoms with van der Waals surface area (Å²) >= 11 is 0. The van der Waals surface area contributed by atoms with E-state index in [0.717, 1.165) is 17.3 Å². The largest absolute Gasteiger partial charge is 0.486 e. The molecule has 12 nitrogen and oxygen atoms in total. The van der Waals surface area contributed by atoms with Gasteiger partial charge in [-0.15, -0.1) is 0 Å². The molecular formula is C24H18N6O6. The third kappa shape index (κ3) is 4.55. The molecule has 2 heterocycles. The molecule has 0 spiro atoms. The summed E-state index contributed by atoms with van der Waals surface area (Å²) in [6.07, 6.45) is 3.25. The number of para-hydroxylation sites is 1. The van der Waals surface area contributed by atoms with Crippen molar-refractivity contribution in [3.63, 3.8) is 0 Å². The van der Waals surface area contributed by atoms with Crippen LogP contribution < -0.4 is 14.9 Å². The lowest BCUT2D eigenvalue weighted by Crippen LogP contribution is -2.15. The number of nitro groups is 2. The van der Waals surface area contributed by atoms with Crippen molar-refractivity contribution >= 4 is 23.3 Å². The van der Waals surface area contributed by atoms with E-state index in [1.165, 1.54) is 18.3 Å². The number of ether oxygens (including phenoxy) is 2. The summed E-state index contributed by atoms with van der Waals surface area (Å²) in [5.74, 6) is 1.25. The van der Waals surface area contributed by atoms with E-state index in [4.69, 9.17) is 14.6 Å². The highest BCUT2D eigenvalue weighted by molar-refractivity contribution is 5.89. The molecule has 12 heteroatoms. The van der Waals surface area contributed by atoms with Gasteiger partial charge in [-0.05, 0) is 36.4 Å². The van der Waals surface area contributed by atoms with Crippen molar-refractivity contribution in [1.29, 1.82) is 0 Å². The van der Waals surface area contributed by atoms with Gasteiger partial charge in [0.25, 0.3) is 5.69 Å². The molecule has 4 aromatic rings. The van der Waals surface area contributed by atoms with Crippen molar-refractivity contribution < 1.29 is 19.3 Å². The molecule has 0 saturated heterocycles. The summed E-state index contributed by atoms with van der Waals surface area (Å²) in [5, 5.41) is 31.2. The molecule has 0 saturated carbocycles. The Kier molecular flexibility index (Phi) is 5.97. The van der Waals surface area contributed by atoms with Crippen LogP contribution in [0, 0.1) is 20.2 Å². The average molecular weight is 486 g/mol. The van der Waals surface area contributed by atoms with Crippen molar-refractivity contribution in [2.45, 2.75) is 0 Å². The van der Waals surface area contributed by atoms with E-state index in [2.05, 4.69) is 10.5 Å². The number of aromatic nitrogens is 2. The van der Waals surface area contributed by atoms with Crippen LogP contribution in [0.25, 0.3) is 16.9 Å². The Morgan fingerprint density at radius 1 is 0.944 bits per heavy atom. The second-order valence-electron chi connectivity index (χ2n) is 7.66. The Bertz CT molecular complexity index is 1480. The monoisotopic (exact) mass is 486 g/mol. The molecule has 0 bridgehead atoms. The fourth-order valence-electron chi connectivity index (χ4n) is 3.66. The molecule has 0 atom stereocenters. The van der Waals surface area contributed by atoms with Gasteiger partial charge in [0.15, 0.2) is 11.5 Å². The van der Waals surface area contributed by atoms with Gasteiger partial charge in [-0.1, -0.05) is 18.2 Å². The van der Waals surface area contributed by atoms with Crippen LogP contribution in [-0.4, -0.2) is 39.1 Å². The van der Waals surface area contributed by atoms with E-state index in [-0.39, 0.29) is 11.4 Å². The van der Waals surface area contributed by atoms with Gasteiger partial charge in [0.05, 0.1) is 27.8 Å². The first-order chi connectivity index (χ1) is 17.5. The smallest absolute Gasteiger partial charge is 0.301 e. The SMILES string of the molecule is O=[N+]([O-])c1ccc(N/N=C\c2cn(-c3ccccc3)nc2-c2ccc3c(c2)OCCO3)c([N+](=O)[O-])c1. The molecular weight excluding hydrogens is 468 g/mol. The number of rotatable bonds is 7. The number of nitro benzene ring substituents is 2. The molecule has 1 aliphatic rings. The summed E-state index contributed by atoms with van der Waals surface area (Å²) < 4.78 is 13.0. The lowest BCUT2D eigenvalue weighted by molar-refractivity contribution is -0.393. The molecule has 3 aromatic carbocycles. The topological polar surface area (TPSA) is 147 Å². The van der Waals surface area contributed by atoms with Gasteiger partial charge in [0.1, 0.15) is 24.6 Å². The van der Waals surface area contributed by atoms with Gasteiger partial charge >= 0.3 is 5.69 Å². The highest BCUT2D eigenvalue weighted by Crippen LogP contribution is 2.35. The Morgan fingerprint density at radius 3 is 2.47 bits per heavy atom. The third-order valence-electron chi connectivity index (χ3n) is 5.36. The number of anilines is 1. The van der Waals surface area contributed by atoms with Crippen molar-refractivity contribution in [3.8, 4) is 28.4 Å². The average Bonchev–Trinajstić information content (AvgIpc) is 3.33. The number of non-ortho nitro benzene ring substituents is 1. The Balaban J connectivity index is 1.50. The first-order valence-corrected chi connectivity index (χ1v) is 10.8. The Morgan fingerprint density at radius 2 is 1.72 bits per heavy atom. The van der Waals surface area contributed by atoms with Crippen LogP contribution in [0.3, 0.4) is 0 Å². The standard InChI is InChI=1S/C24H18N6O6/c31-29(32)19-7-8-20(21(13-19)30(33)34)26-25-14-17-15-28(18-4-2-1-3-5-18)27-24(17)16-6-9-22-23(12-16)36-11-10-35-22/h1-9,12-15,26H,10-11H2/b25-14-. The molecule has 180 valence electrons. The molecule has 1 aromatic heterocycles. The number of nitrogens with zero attached hydrogens (tertiary/aromatic N) is 5. The van der Waals surface area contributed by atoms with Crippen molar-refractivity contribution in [2.75, 3.05) is 18.6 Å². The molecule has 5 rings (SSSR count). The summed E-state index contributed by atoms with van der Waals surface area (Å²) in [5.41, 5.74) is 4.57. The van der Waals surface area contributed by atoms with Crippen LogP contribution >= 0.6 is 0 Å². The van der Waals surface area contributed by atoms with Crippen molar-refractivity contribution in [1.82, 2.24) is 9.78 Å². The number of hydrogen-bond donors (Lipinski definition) is 1. The maximum Gasteiger partial charge on any atom is 0.301 e. The molecule has 1 N–H and O–H groups in total. The highest BCUT2D eigenvalue weighted by atomic mass is 16.6. The molecule has 0 aliphatic carbocycles. The van der Waals surface area contributed by atoms with Gasteiger partial charge in [0, 0.05) is 23.4 Å². The minimum atomic E-state index is -0.709. The van der Waals surface area contributed by atoms with E-state index in [0.29, 0.717) is 36.0 Å². The third-order valence-corrected chi connectivity index (χ3v) is 5.36. The quantitative estimate of drug-likeness (QED) is 0.227. The van der Waals surface area contributed by atoms with Gasteiger partial charge in [-0.3, -0.25) is 25.7 Å². The van der Waals surface area contributed by atoms with Crippen LogP contribution in [0.15, 0.2) is 78.0 Å². The molecule has 0 unspecified atom stereocenters. The number of hydrazone groups is 1. The predicted molar refractivity (Wildman–Crippen MR) is 131 cm³/mol. The minimum absolute atomic E-state index is 0.0122. The van der Waals surface area contributed by atoms with Gasteiger partial charge < -0.3 is 9.47 Å². The lowest BCUT2D eigenvalue weighted by Gasteiger charge is -2.18. The first kappa shape index (κ1) is 22.5. The van der Waals surface area contributed by atoms with Crippen molar-refractivity contribution in [3.05, 3.63) is 98.7 Å². The molecule has 0 amide bonds. The van der Waals surface area contributed by atoms with Crippen LogP contribution in [0.1, 0.15) is 5.56 Å². The van der Waals surface area contributed by atoms with Crippen LogP contribution in [0.2, 0.25) is 0 Å². The molecule has 1 aliphatic heterocycles. The van der Waals surface area contributed by atoms with Gasteiger partial charge in [0.2, 0.25) is 0 Å². The molecule has 36 heavy (non-hydrogen) atoms. The van der Waals surface area contributed by atoms with Crippen LogP contribution in [0.4, 0.5) is 17.1 Å². The van der Waals surface area contributed by atoms with Gasteiger partial charge in [-0.25, -0.2) is 4.68 Å². The predicted octanol–water partition coefficient (Wildman–Crippen LogP) is 4.57. The molecule has 0 fully saturated rings. The summed E-state index contributed by atoms with van der Waals surface area (Å²) in [7, 11) is 0. The second kappa shape index (κ2) is 9.54. The Hall–Kier alpha value is -5.26. The summed E-state index contributed by atoms with van der Waals surface area (Å²) in [6, 6.07) is 18.3.